The van der Waals surface area contributed by atoms with E-state index in [-0.39, 0.29) is 17.1 Å². The van der Waals surface area contributed by atoms with Gasteiger partial charge >= 0.3 is 0 Å². The van der Waals surface area contributed by atoms with Crippen molar-refractivity contribution in [3.8, 4) is 17.5 Å². The second-order valence-electron chi connectivity index (χ2n) is 9.50. The Labute approximate surface area is 234 Å². The zero-order chi connectivity index (χ0) is 28.7. The summed E-state index contributed by atoms with van der Waals surface area (Å²) in [5.41, 5.74) is 9.61. The molecule has 0 saturated carbocycles. The highest BCUT2D eigenvalue weighted by atomic mass is 16.2. The fourth-order valence-electron chi connectivity index (χ4n) is 4.67. The first-order valence-electron chi connectivity index (χ1n) is 12.9. The van der Waals surface area contributed by atoms with E-state index in [0.29, 0.717) is 33.6 Å². The maximum absolute atomic E-state index is 14.2. The molecule has 4 heterocycles. The standard InChI is InChI=1S/C30H25N9O2/c1-18(34-29(40)26-27(31)36-24-13-8-16-32-39(24)26)28-35-23-12-7-9-20(14-15-21-17-33-37(3)19(21)2)25(23)30(41)38(28)22-10-5-4-6-11-22/h4-13,16-18H,31H2,1-3H3,(H,34,40). The molecule has 41 heavy (non-hydrogen) atoms. The van der Waals surface area contributed by atoms with Crippen LogP contribution in [0.1, 0.15) is 46.1 Å². The second-order valence-corrected chi connectivity index (χ2v) is 9.50. The van der Waals surface area contributed by atoms with Crippen LogP contribution in [-0.4, -0.2) is 39.8 Å². The molecule has 0 radical (unpaired) electrons. The van der Waals surface area contributed by atoms with Crippen LogP contribution in [0.15, 0.2) is 77.9 Å². The molecule has 2 aromatic carbocycles. The third kappa shape index (κ3) is 4.47. The van der Waals surface area contributed by atoms with Crippen LogP contribution >= 0.6 is 0 Å². The number of hydrogen-bond donors (Lipinski definition) is 2. The van der Waals surface area contributed by atoms with Crippen molar-refractivity contribution in [3.63, 3.8) is 0 Å². The molecule has 3 N–H and O–H groups in total. The number of aryl methyl sites for hydroxylation is 1. The van der Waals surface area contributed by atoms with Crippen LogP contribution < -0.4 is 16.6 Å². The Kier molecular flexibility index (Phi) is 6.28. The van der Waals surface area contributed by atoms with Crippen LogP contribution in [-0.2, 0) is 7.05 Å². The van der Waals surface area contributed by atoms with Crippen molar-refractivity contribution in [2.24, 2.45) is 7.05 Å². The minimum absolute atomic E-state index is 0.0485. The number of imidazole rings is 1. The summed E-state index contributed by atoms with van der Waals surface area (Å²) in [5.74, 6) is 6.17. The van der Waals surface area contributed by atoms with Crippen LogP contribution in [0.2, 0.25) is 0 Å². The van der Waals surface area contributed by atoms with E-state index in [4.69, 9.17) is 10.7 Å². The van der Waals surface area contributed by atoms with Gasteiger partial charge in [0, 0.05) is 18.8 Å². The van der Waals surface area contributed by atoms with Gasteiger partial charge in [0.1, 0.15) is 5.82 Å². The second kappa shape index (κ2) is 10.1. The van der Waals surface area contributed by atoms with E-state index in [2.05, 4.69) is 32.3 Å². The normalized spacial score (nSPS) is 11.8. The SMILES string of the molecule is Cc1c(C#Cc2cccc3nc(C(C)NC(=O)c4c(N)nc5cccnn45)n(-c4ccccc4)c(=O)c23)cnn1C. The van der Waals surface area contributed by atoms with E-state index in [1.54, 1.807) is 54.3 Å². The summed E-state index contributed by atoms with van der Waals surface area (Å²) in [5, 5.41) is 11.7. The van der Waals surface area contributed by atoms with Gasteiger partial charge in [-0.1, -0.05) is 36.1 Å². The van der Waals surface area contributed by atoms with Crippen molar-refractivity contribution in [1.82, 2.24) is 39.2 Å². The lowest BCUT2D eigenvalue weighted by molar-refractivity contribution is 0.0931. The summed E-state index contributed by atoms with van der Waals surface area (Å²) >= 11 is 0. The lowest BCUT2D eigenvalue weighted by Gasteiger charge is -2.20. The quantitative estimate of drug-likeness (QED) is 0.326. The van der Waals surface area contributed by atoms with Crippen molar-refractivity contribution in [3.05, 3.63) is 112 Å². The first kappa shape index (κ1) is 25.5. The number of nitrogens with two attached hydrogens (primary N) is 1. The van der Waals surface area contributed by atoms with Crippen molar-refractivity contribution < 1.29 is 4.79 Å². The number of nitrogens with one attached hydrogen (secondary N) is 1. The van der Waals surface area contributed by atoms with E-state index < -0.39 is 11.9 Å². The van der Waals surface area contributed by atoms with E-state index in [9.17, 15) is 9.59 Å². The molecule has 1 atom stereocenters. The minimum atomic E-state index is -0.693. The molecule has 11 nitrogen and oxygen atoms in total. The molecule has 0 aliphatic heterocycles. The predicted octanol–water partition coefficient (Wildman–Crippen LogP) is 2.94. The molecule has 6 rings (SSSR count). The molecule has 1 amide bonds. The molecular weight excluding hydrogens is 518 g/mol. The largest absolute Gasteiger partial charge is 0.382 e. The maximum Gasteiger partial charge on any atom is 0.274 e. The van der Waals surface area contributed by atoms with Crippen molar-refractivity contribution in [1.29, 1.82) is 0 Å². The zero-order valence-electron chi connectivity index (χ0n) is 22.5. The van der Waals surface area contributed by atoms with Crippen LogP contribution in [0.25, 0.3) is 22.2 Å². The van der Waals surface area contributed by atoms with Gasteiger partial charge in [0.05, 0.1) is 40.1 Å². The Bertz CT molecular complexity index is 2080. The van der Waals surface area contributed by atoms with Gasteiger partial charge in [-0.2, -0.15) is 10.2 Å². The number of para-hydroxylation sites is 1. The molecule has 6 aromatic rings. The number of rotatable bonds is 4. The number of carbonyl (C=O) groups excluding carboxylic acids is 1. The van der Waals surface area contributed by atoms with Crippen LogP contribution in [0, 0.1) is 18.8 Å². The van der Waals surface area contributed by atoms with Gasteiger partial charge in [-0.15, -0.1) is 0 Å². The number of amides is 1. The van der Waals surface area contributed by atoms with Crippen LogP contribution in [0.5, 0.6) is 0 Å². The topological polar surface area (TPSA) is 138 Å². The zero-order valence-corrected chi connectivity index (χ0v) is 22.5. The molecule has 4 aromatic heterocycles. The number of benzene rings is 2. The van der Waals surface area contributed by atoms with Gasteiger partial charge in [-0.25, -0.2) is 14.5 Å². The molecule has 0 aliphatic rings. The van der Waals surface area contributed by atoms with Gasteiger partial charge in [0.15, 0.2) is 17.2 Å². The maximum atomic E-state index is 14.2. The summed E-state index contributed by atoms with van der Waals surface area (Å²) in [6.45, 7) is 3.69. The molecule has 202 valence electrons. The highest BCUT2D eigenvalue weighted by Crippen LogP contribution is 2.21. The van der Waals surface area contributed by atoms with Crippen molar-refractivity contribution >= 4 is 28.3 Å². The number of aromatic nitrogens is 7. The number of carbonyl (C=O) groups is 1. The summed E-state index contributed by atoms with van der Waals surface area (Å²) in [7, 11) is 1.85. The third-order valence-corrected chi connectivity index (χ3v) is 6.87. The number of nitrogen functional groups attached to an aromatic ring is 1. The number of anilines is 1. The number of fused-ring (bicyclic) bond motifs is 2. The first-order chi connectivity index (χ1) is 19.8. The third-order valence-electron chi connectivity index (χ3n) is 6.87. The summed E-state index contributed by atoms with van der Waals surface area (Å²) in [6.07, 6.45) is 3.24. The number of hydrogen-bond acceptors (Lipinski definition) is 7. The average Bonchev–Trinajstić information content (AvgIpc) is 3.49. The first-order valence-corrected chi connectivity index (χ1v) is 12.9. The lowest BCUT2D eigenvalue weighted by Crippen LogP contribution is -2.34. The Balaban J connectivity index is 1.48. The fourth-order valence-corrected chi connectivity index (χ4v) is 4.67. The highest BCUT2D eigenvalue weighted by molar-refractivity contribution is 5.98. The molecule has 0 spiro atoms. The van der Waals surface area contributed by atoms with Gasteiger partial charge in [0.25, 0.3) is 11.5 Å². The Morgan fingerprint density at radius 3 is 2.51 bits per heavy atom. The van der Waals surface area contributed by atoms with Gasteiger partial charge in [-0.3, -0.25) is 18.8 Å². The predicted molar refractivity (Wildman–Crippen MR) is 155 cm³/mol. The lowest BCUT2D eigenvalue weighted by atomic mass is 10.1. The van der Waals surface area contributed by atoms with E-state index in [1.165, 1.54) is 9.08 Å². The molecule has 0 aliphatic carbocycles. The summed E-state index contributed by atoms with van der Waals surface area (Å²) in [6, 6.07) is 17.2. The number of nitrogens with zero attached hydrogens (tertiary/aromatic N) is 7. The van der Waals surface area contributed by atoms with E-state index in [0.717, 1.165) is 11.3 Å². The van der Waals surface area contributed by atoms with Gasteiger partial charge in [0.2, 0.25) is 0 Å². The summed E-state index contributed by atoms with van der Waals surface area (Å²) in [4.78, 5) is 36.7. The van der Waals surface area contributed by atoms with Crippen LogP contribution in [0.4, 0.5) is 5.82 Å². The van der Waals surface area contributed by atoms with Gasteiger partial charge < -0.3 is 11.1 Å². The average molecular weight is 544 g/mol. The van der Waals surface area contributed by atoms with Crippen molar-refractivity contribution in [2.45, 2.75) is 19.9 Å². The van der Waals surface area contributed by atoms with Crippen LogP contribution in [0.3, 0.4) is 0 Å². The van der Waals surface area contributed by atoms with E-state index >= 15 is 0 Å². The molecular formula is C30H25N9O2. The van der Waals surface area contributed by atoms with Gasteiger partial charge in [-0.05, 0) is 50.2 Å². The Morgan fingerprint density at radius 2 is 1.76 bits per heavy atom. The molecule has 11 heteroatoms. The molecule has 0 fully saturated rings. The smallest absolute Gasteiger partial charge is 0.274 e. The fraction of sp³-hybridized carbons (Fsp3) is 0.133. The Morgan fingerprint density at radius 1 is 0.976 bits per heavy atom. The monoisotopic (exact) mass is 543 g/mol. The Hall–Kier alpha value is -5.76. The van der Waals surface area contributed by atoms with E-state index in [1.807, 2.05) is 44.3 Å². The van der Waals surface area contributed by atoms with Crippen molar-refractivity contribution in [2.75, 3.05) is 5.73 Å². The molecule has 0 bridgehead atoms. The molecule has 0 saturated heterocycles. The minimum Gasteiger partial charge on any atom is -0.382 e. The molecule has 1 unspecified atom stereocenters. The summed E-state index contributed by atoms with van der Waals surface area (Å²) < 4.78 is 4.63. The highest BCUT2D eigenvalue weighted by Gasteiger charge is 2.24.